The molecule has 0 radical (unpaired) electrons. The molecule has 1 fully saturated rings. The van der Waals surface area contributed by atoms with Crippen molar-refractivity contribution in [1.29, 1.82) is 0 Å². The number of amides is 1. The van der Waals surface area contributed by atoms with E-state index in [2.05, 4.69) is 4.98 Å². The van der Waals surface area contributed by atoms with Crippen molar-refractivity contribution in [3.05, 3.63) is 68.2 Å². The van der Waals surface area contributed by atoms with Gasteiger partial charge in [0, 0.05) is 29.3 Å². The van der Waals surface area contributed by atoms with Crippen LogP contribution in [0, 0.1) is 28.4 Å². The van der Waals surface area contributed by atoms with Gasteiger partial charge in [0.25, 0.3) is 5.69 Å². The van der Waals surface area contributed by atoms with Crippen LogP contribution in [-0.2, 0) is 16.0 Å². The number of β-lactam (4-membered cyclic amide) rings is 1. The monoisotopic (exact) mass is 540 g/mol. The molecule has 5 rings (SSSR count). The Morgan fingerprint density at radius 2 is 1.95 bits per heavy atom. The summed E-state index contributed by atoms with van der Waals surface area (Å²) in [5.74, 6) is -2.76. The van der Waals surface area contributed by atoms with Crippen LogP contribution in [0.5, 0.6) is 0 Å². The van der Waals surface area contributed by atoms with Crippen molar-refractivity contribution in [3.8, 4) is 0 Å². The van der Waals surface area contributed by atoms with E-state index in [1.165, 1.54) is 24.0 Å². The largest absolute Gasteiger partial charge is 0.477 e. The molecule has 0 spiro atoms. The number of carboxylic acid groups (broad SMARTS) is 1. The quantitative estimate of drug-likeness (QED) is 0.167. The van der Waals surface area contributed by atoms with Crippen LogP contribution in [0.25, 0.3) is 10.4 Å². The van der Waals surface area contributed by atoms with Crippen LogP contribution >= 0.6 is 11.3 Å². The summed E-state index contributed by atoms with van der Waals surface area (Å²) in [5, 5.41) is 41.2. The summed E-state index contributed by atoms with van der Waals surface area (Å²) < 4.78 is 1.64. The standard InChI is InChI=1S/C25H24N4O8S/c1-11(31)17-21-25(3,8-13-4-6-14(7-5-13)29(36)37)18(20(24(34)35)28(21)22(17)33)16-9-27-12(2)26-19(15(32)10-30)23(27)38-16/h4-7,9,11,17,21,30-31H,8,10H2,1-3H3,(H,34,35)/t11-,17-,21-,25+/m1/s1. The molecule has 2 aromatic heterocycles. The Balaban J connectivity index is 1.72. The van der Waals surface area contributed by atoms with Crippen LogP contribution in [0.3, 0.4) is 0 Å². The molecule has 4 atom stereocenters. The van der Waals surface area contributed by atoms with Crippen molar-refractivity contribution in [1.82, 2.24) is 14.3 Å². The normalized spacial score (nSPS) is 23.5. The minimum absolute atomic E-state index is 0.0648. The van der Waals surface area contributed by atoms with Crippen LogP contribution in [0.1, 0.15) is 40.6 Å². The van der Waals surface area contributed by atoms with Gasteiger partial charge in [-0.25, -0.2) is 9.78 Å². The highest BCUT2D eigenvalue weighted by molar-refractivity contribution is 7.18. The molecule has 3 N–H and O–H groups in total. The van der Waals surface area contributed by atoms with Crippen LogP contribution in [-0.4, -0.2) is 70.9 Å². The molecular formula is C25H24N4O8S. The number of hydrogen-bond acceptors (Lipinski definition) is 9. The number of carbonyl (C=O) groups is 3. The molecule has 38 heavy (non-hydrogen) atoms. The lowest BCUT2D eigenvalue weighted by atomic mass is 9.64. The predicted octanol–water partition coefficient (Wildman–Crippen LogP) is 2.05. The summed E-state index contributed by atoms with van der Waals surface area (Å²) in [6.07, 6.45) is 0.853. The molecule has 1 saturated heterocycles. The minimum atomic E-state index is -1.31. The molecule has 2 aliphatic rings. The van der Waals surface area contributed by atoms with Crippen LogP contribution < -0.4 is 0 Å². The highest BCUT2D eigenvalue weighted by Crippen LogP contribution is 2.59. The molecule has 0 saturated carbocycles. The second-order valence-electron chi connectivity index (χ2n) is 9.83. The highest BCUT2D eigenvalue weighted by atomic mass is 32.1. The van der Waals surface area contributed by atoms with Gasteiger partial charge in [0.1, 0.15) is 28.7 Å². The van der Waals surface area contributed by atoms with E-state index in [1.807, 2.05) is 6.92 Å². The Bertz CT molecular complexity index is 1550. The molecular weight excluding hydrogens is 516 g/mol. The molecule has 12 nitrogen and oxygen atoms in total. The van der Waals surface area contributed by atoms with Crippen LogP contribution in [0.15, 0.2) is 36.2 Å². The summed E-state index contributed by atoms with van der Waals surface area (Å²) in [5.41, 5.74) is -0.193. The number of nitro benzene ring substituents is 1. The number of aryl methyl sites for hydroxylation is 1. The van der Waals surface area contributed by atoms with E-state index < -0.39 is 52.7 Å². The number of aliphatic hydroxyl groups excluding tert-OH is 2. The van der Waals surface area contributed by atoms with E-state index >= 15 is 0 Å². The summed E-state index contributed by atoms with van der Waals surface area (Å²) in [6.45, 7) is 4.25. The average Bonchev–Trinajstić information content (AvgIpc) is 3.47. The lowest BCUT2D eigenvalue weighted by Gasteiger charge is -2.51. The van der Waals surface area contributed by atoms with E-state index in [4.69, 9.17) is 0 Å². The molecule has 0 aliphatic carbocycles. The third kappa shape index (κ3) is 3.57. The van der Waals surface area contributed by atoms with Crippen molar-refractivity contribution in [2.45, 2.75) is 39.3 Å². The molecule has 2 aliphatic heterocycles. The molecule has 0 bridgehead atoms. The SMILES string of the molecule is Cc1nc(C(=O)CO)c2sc(C3=C(C(=O)O)N4C(=O)[C@H]([C@@H](C)O)[C@@H]4[C@@]3(C)Cc3ccc([N+](=O)[O-])cc3)cn12. The zero-order chi connectivity index (χ0) is 27.7. The number of nitro groups is 1. The van der Waals surface area contributed by atoms with Gasteiger partial charge in [0.05, 0.1) is 27.9 Å². The van der Waals surface area contributed by atoms with Gasteiger partial charge in [-0.15, -0.1) is 11.3 Å². The number of rotatable bonds is 8. The Morgan fingerprint density at radius 1 is 1.29 bits per heavy atom. The first-order valence-electron chi connectivity index (χ1n) is 11.8. The van der Waals surface area contributed by atoms with Crippen molar-refractivity contribution in [2.24, 2.45) is 11.3 Å². The van der Waals surface area contributed by atoms with Gasteiger partial charge in [-0.1, -0.05) is 19.1 Å². The molecule has 4 heterocycles. The van der Waals surface area contributed by atoms with Gasteiger partial charge in [0.15, 0.2) is 0 Å². The fourth-order valence-electron chi connectivity index (χ4n) is 5.81. The lowest BCUT2D eigenvalue weighted by molar-refractivity contribution is -0.384. The molecule has 1 amide bonds. The first-order chi connectivity index (χ1) is 17.9. The van der Waals surface area contributed by atoms with Gasteiger partial charge in [0.2, 0.25) is 11.7 Å². The van der Waals surface area contributed by atoms with E-state index in [1.54, 1.807) is 29.7 Å². The number of imidazole rings is 1. The molecule has 198 valence electrons. The zero-order valence-electron chi connectivity index (χ0n) is 20.6. The summed E-state index contributed by atoms with van der Waals surface area (Å²) in [4.78, 5) is 55.0. The number of Topliss-reactive ketones (excluding diaryl/α,β-unsaturated/α-hetero) is 1. The Morgan fingerprint density at radius 3 is 2.50 bits per heavy atom. The molecule has 1 aromatic carbocycles. The first kappa shape index (κ1) is 25.7. The summed E-state index contributed by atoms with van der Waals surface area (Å²) in [6, 6.07) is 5.23. The summed E-state index contributed by atoms with van der Waals surface area (Å²) >= 11 is 1.13. The lowest BCUT2D eigenvalue weighted by Crippen LogP contribution is -2.66. The van der Waals surface area contributed by atoms with Crippen molar-refractivity contribution in [3.63, 3.8) is 0 Å². The van der Waals surface area contributed by atoms with Gasteiger partial charge in [-0.05, 0) is 25.8 Å². The van der Waals surface area contributed by atoms with Crippen LogP contribution in [0.4, 0.5) is 5.69 Å². The van der Waals surface area contributed by atoms with E-state index in [0.717, 1.165) is 11.3 Å². The Labute approximate surface area is 219 Å². The number of aliphatic hydroxyl groups is 2. The maximum absolute atomic E-state index is 13.1. The third-order valence-electron chi connectivity index (χ3n) is 7.43. The smallest absolute Gasteiger partial charge is 0.352 e. The topological polar surface area (TPSA) is 176 Å². The number of carbonyl (C=O) groups excluding carboxylic acids is 2. The van der Waals surface area contributed by atoms with Crippen molar-refractivity contribution >= 4 is 45.1 Å². The molecule has 3 aromatic rings. The molecule has 0 unspecified atom stereocenters. The third-order valence-corrected chi connectivity index (χ3v) is 8.55. The average molecular weight is 541 g/mol. The minimum Gasteiger partial charge on any atom is -0.477 e. The van der Waals surface area contributed by atoms with Crippen LogP contribution in [0.2, 0.25) is 0 Å². The maximum Gasteiger partial charge on any atom is 0.352 e. The second-order valence-corrected chi connectivity index (χ2v) is 10.9. The van der Waals surface area contributed by atoms with E-state index in [0.29, 0.717) is 26.7 Å². The van der Waals surface area contributed by atoms with Gasteiger partial charge < -0.3 is 20.2 Å². The number of aliphatic carboxylic acids is 1. The zero-order valence-corrected chi connectivity index (χ0v) is 21.4. The number of non-ortho nitro benzene ring substituents is 1. The Kier molecular flexibility index (Phi) is 5.97. The highest BCUT2D eigenvalue weighted by Gasteiger charge is 2.66. The number of ketones is 1. The van der Waals surface area contributed by atoms with Gasteiger partial charge >= 0.3 is 5.97 Å². The van der Waals surface area contributed by atoms with Gasteiger partial charge in [-0.3, -0.25) is 24.1 Å². The number of fused-ring (bicyclic) bond motifs is 2. The number of thiazole rings is 1. The van der Waals surface area contributed by atoms with Crippen molar-refractivity contribution < 1.29 is 34.6 Å². The Hall–Kier alpha value is -3.94. The second kappa shape index (κ2) is 8.82. The fraction of sp³-hybridized carbons (Fsp3) is 0.360. The number of benzene rings is 1. The fourth-order valence-corrected chi connectivity index (χ4v) is 7.14. The molecule has 13 heteroatoms. The number of hydrogen-bond donors (Lipinski definition) is 3. The van der Waals surface area contributed by atoms with E-state index in [9.17, 15) is 39.8 Å². The predicted molar refractivity (Wildman–Crippen MR) is 134 cm³/mol. The number of aromatic nitrogens is 2. The number of nitrogens with zero attached hydrogens (tertiary/aromatic N) is 4. The number of carboxylic acids is 1. The maximum atomic E-state index is 13.1. The summed E-state index contributed by atoms with van der Waals surface area (Å²) in [7, 11) is 0. The van der Waals surface area contributed by atoms with Crippen molar-refractivity contribution in [2.75, 3.05) is 6.61 Å². The van der Waals surface area contributed by atoms with Gasteiger partial charge in [-0.2, -0.15) is 0 Å². The first-order valence-corrected chi connectivity index (χ1v) is 12.6. The van der Waals surface area contributed by atoms with E-state index in [-0.39, 0.29) is 23.5 Å².